The minimum Gasteiger partial charge on any atom is -0.481 e. The number of aryl methyl sites for hydroxylation is 1. The summed E-state index contributed by atoms with van der Waals surface area (Å²) < 4.78 is 10.6. The summed E-state index contributed by atoms with van der Waals surface area (Å²) in [6, 6.07) is 3.88. The third-order valence-corrected chi connectivity index (χ3v) is 2.46. The van der Waals surface area contributed by atoms with Gasteiger partial charge < -0.3 is 14.5 Å². The molecular weight excluding hydrogens is 218 g/mol. The van der Waals surface area contributed by atoms with E-state index in [1.807, 2.05) is 26.0 Å². The average molecular weight is 233 g/mol. The minimum absolute atomic E-state index is 0.582. The van der Waals surface area contributed by atoms with Gasteiger partial charge >= 0.3 is 0 Å². The number of methoxy groups -OCH3 is 1. The van der Waals surface area contributed by atoms with Crippen LogP contribution < -0.4 is 10.1 Å². The number of anilines is 1. The normalized spacial score (nSPS) is 10.3. The number of hydrogen-bond donors (Lipinski definition) is 1. The van der Waals surface area contributed by atoms with E-state index in [4.69, 9.17) is 9.15 Å². The molecule has 1 N–H and O–H groups in total. The van der Waals surface area contributed by atoms with Gasteiger partial charge in [0.25, 0.3) is 0 Å². The molecule has 5 nitrogen and oxygen atoms in total. The molecule has 0 fully saturated rings. The molecule has 0 unspecified atom stereocenters. The van der Waals surface area contributed by atoms with Crippen LogP contribution in [0.5, 0.6) is 5.88 Å². The Bertz CT molecular complexity index is 508. The molecule has 0 aliphatic rings. The van der Waals surface area contributed by atoms with E-state index in [1.165, 1.54) is 6.33 Å². The Morgan fingerprint density at radius 3 is 2.76 bits per heavy atom. The van der Waals surface area contributed by atoms with Gasteiger partial charge in [-0.3, -0.25) is 0 Å². The molecule has 0 saturated carbocycles. The molecule has 90 valence electrons. The van der Waals surface area contributed by atoms with Crippen molar-refractivity contribution in [3.8, 4) is 5.88 Å². The highest BCUT2D eigenvalue weighted by molar-refractivity contribution is 5.47. The molecule has 0 radical (unpaired) electrons. The summed E-state index contributed by atoms with van der Waals surface area (Å²) in [5.41, 5.74) is 0.887. The smallest absolute Gasteiger partial charge is 0.221 e. The van der Waals surface area contributed by atoms with Gasteiger partial charge in [-0.2, -0.15) is 0 Å². The van der Waals surface area contributed by atoms with Crippen LogP contribution in [0.15, 0.2) is 22.9 Å². The Labute approximate surface area is 99.8 Å². The first-order valence-corrected chi connectivity index (χ1v) is 5.35. The van der Waals surface area contributed by atoms with Crippen LogP contribution in [0.1, 0.15) is 17.1 Å². The fourth-order valence-electron chi connectivity index (χ4n) is 1.57. The lowest BCUT2D eigenvalue weighted by Crippen LogP contribution is -2.04. The van der Waals surface area contributed by atoms with Gasteiger partial charge in [0.2, 0.25) is 5.88 Å². The van der Waals surface area contributed by atoms with E-state index in [0.29, 0.717) is 12.4 Å². The van der Waals surface area contributed by atoms with Crippen molar-refractivity contribution in [3.63, 3.8) is 0 Å². The summed E-state index contributed by atoms with van der Waals surface area (Å²) in [4.78, 5) is 8.18. The van der Waals surface area contributed by atoms with Gasteiger partial charge in [-0.25, -0.2) is 9.97 Å². The van der Waals surface area contributed by atoms with Crippen LogP contribution in [0.25, 0.3) is 0 Å². The Kier molecular flexibility index (Phi) is 3.27. The molecule has 0 saturated heterocycles. The summed E-state index contributed by atoms with van der Waals surface area (Å²) in [5.74, 6) is 3.11. The number of nitrogens with zero attached hydrogens (tertiary/aromatic N) is 2. The molecule has 2 rings (SSSR count). The van der Waals surface area contributed by atoms with Crippen molar-refractivity contribution in [2.24, 2.45) is 0 Å². The zero-order chi connectivity index (χ0) is 12.3. The quantitative estimate of drug-likeness (QED) is 0.878. The van der Waals surface area contributed by atoms with Crippen LogP contribution in [-0.4, -0.2) is 17.1 Å². The SMILES string of the molecule is COc1ncnc(NCc2ccc(C)o2)c1C. The summed E-state index contributed by atoms with van der Waals surface area (Å²) in [7, 11) is 1.59. The second-order valence-corrected chi connectivity index (χ2v) is 3.72. The molecule has 0 atom stereocenters. The standard InChI is InChI=1S/C12H15N3O2/c1-8-4-5-10(17-8)6-13-11-9(2)12(16-3)15-7-14-11/h4-5,7H,6H2,1-3H3,(H,13,14,15). The second kappa shape index (κ2) is 4.86. The lowest BCUT2D eigenvalue weighted by molar-refractivity contribution is 0.393. The van der Waals surface area contributed by atoms with Crippen molar-refractivity contribution >= 4 is 5.82 Å². The molecule has 0 spiro atoms. The number of furan rings is 1. The number of hydrogen-bond acceptors (Lipinski definition) is 5. The molecule has 0 bridgehead atoms. The van der Waals surface area contributed by atoms with Gasteiger partial charge in [-0.1, -0.05) is 0 Å². The molecule has 2 aromatic rings. The Morgan fingerprint density at radius 1 is 1.29 bits per heavy atom. The molecule has 0 aromatic carbocycles. The van der Waals surface area contributed by atoms with Crippen LogP contribution in [0.2, 0.25) is 0 Å². The fourth-order valence-corrected chi connectivity index (χ4v) is 1.57. The van der Waals surface area contributed by atoms with Gasteiger partial charge in [-0.05, 0) is 26.0 Å². The van der Waals surface area contributed by atoms with E-state index in [0.717, 1.165) is 22.9 Å². The number of rotatable bonds is 4. The zero-order valence-electron chi connectivity index (χ0n) is 10.2. The van der Waals surface area contributed by atoms with Crippen molar-refractivity contribution in [1.29, 1.82) is 0 Å². The van der Waals surface area contributed by atoms with Crippen molar-refractivity contribution in [3.05, 3.63) is 35.5 Å². The lowest BCUT2D eigenvalue weighted by atomic mass is 10.3. The molecule has 5 heteroatoms. The van der Waals surface area contributed by atoms with E-state index < -0.39 is 0 Å². The van der Waals surface area contributed by atoms with E-state index >= 15 is 0 Å². The highest BCUT2D eigenvalue weighted by Crippen LogP contribution is 2.20. The molecule has 17 heavy (non-hydrogen) atoms. The Hall–Kier alpha value is -2.04. The Morgan fingerprint density at radius 2 is 2.12 bits per heavy atom. The average Bonchev–Trinajstić information content (AvgIpc) is 2.74. The van der Waals surface area contributed by atoms with Gasteiger partial charge in [0.15, 0.2) is 0 Å². The second-order valence-electron chi connectivity index (χ2n) is 3.72. The molecule has 0 aliphatic heterocycles. The summed E-state index contributed by atoms with van der Waals surface area (Å²) in [6.07, 6.45) is 1.47. The molecule has 2 heterocycles. The first kappa shape index (κ1) is 11.4. The zero-order valence-corrected chi connectivity index (χ0v) is 10.2. The van der Waals surface area contributed by atoms with Crippen molar-refractivity contribution in [2.75, 3.05) is 12.4 Å². The lowest BCUT2D eigenvalue weighted by Gasteiger charge is -2.09. The third-order valence-electron chi connectivity index (χ3n) is 2.46. The summed E-state index contributed by atoms with van der Waals surface area (Å²) in [5, 5.41) is 3.19. The van der Waals surface area contributed by atoms with Crippen LogP contribution in [0, 0.1) is 13.8 Å². The first-order chi connectivity index (χ1) is 8.20. The van der Waals surface area contributed by atoms with Crippen molar-refractivity contribution in [2.45, 2.75) is 20.4 Å². The molecule has 2 aromatic heterocycles. The largest absolute Gasteiger partial charge is 0.481 e. The predicted octanol–water partition coefficient (Wildman–Crippen LogP) is 2.31. The van der Waals surface area contributed by atoms with Gasteiger partial charge in [0.1, 0.15) is 23.7 Å². The van der Waals surface area contributed by atoms with E-state index in [2.05, 4.69) is 15.3 Å². The maximum atomic E-state index is 5.46. The summed E-state index contributed by atoms with van der Waals surface area (Å²) >= 11 is 0. The highest BCUT2D eigenvalue weighted by Gasteiger charge is 2.07. The maximum absolute atomic E-state index is 5.46. The van der Waals surface area contributed by atoms with E-state index in [1.54, 1.807) is 7.11 Å². The van der Waals surface area contributed by atoms with Crippen LogP contribution in [0.4, 0.5) is 5.82 Å². The van der Waals surface area contributed by atoms with Crippen molar-refractivity contribution in [1.82, 2.24) is 9.97 Å². The fraction of sp³-hybridized carbons (Fsp3) is 0.333. The van der Waals surface area contributed by atoms with Crippen LogP contribution in [-0.2, 0) is 6.54 Å². The van der Waals surface area contributed by atoms with Crippen LogP contribution >= 0.6 is 0 Å². The molecule has 0 aliphatic carbocycles. The van der Waals surface area contributed by atoms with Crippen LogP contribution in [0.3, 0.4) is 0 Å². The number of ether oxygens (including phenoxy) is 1. The number of nitrogens with one attached hydrogen (secondary N) is 1. The first-order valence-electron chi connectivity index (χ1n) is 5.35. The van der Waals surface area contributed by atoms with E-state index in [9.17, 15) is 0 Å². The predicted molar refractivity (Wildman–Crippen MR) is 64.1 cm³/mol. The van der Waals surface area contributed by atoms with E-state index in [-0.39, 0.29) is 0 Å². The Balaban J connectivity index is 2.09. The minimum atomic E-state index is 0.582. The van der Waals surface area contributed by atoms with Gasteiger partial charge in [0, 0.05) is 0 Å². The summed E-state index contributed by atoms with van der Waals surface area (Å²) in [6.45, 7) is 4.42. The number of aromatic nitrogens is 2. The maximum Gasteiger partial charge on any atom is 0.221 e. The van der Waals surface area contributed by atoms with Gasteiger partial charge in [-0.15, -0.1) is 0 Å². The molecular formula is C12H15N3O2. The topological polar surface area (TPSA) is 60.2 Å². The molecule has 0 amide bonds. The van der Waals surface area contributed by atoms with Crippen molar-refractivity contribution < 1.29 is 9.15 Å². The van der Waals surface area contributed by atoms with Gasteiger partial charge in [0.05, 0.1) is 19.2 Å². The third kappa shape index (κ3) is 2.55. The monoisotopic (exact) mass is 233 g/mol. The highest BCUT2D eigenvalue weighted by atomic mass is 16.5.